The molecule has 0 radical (unpaired) electrons. The van der Waals surface area contributed by atoms with Crippen LogP contribution in [0, 0.1) is 0 Å². The van der Waals surface area contributed by atoms with E-state index in [0.717, 1.165) is 43.2 Å². The van der Waals surface area contributed by atoms with E-state index in [1.54, 1.807) is 44.1 Å². The van der Waals surface area contributed by atoms with Gasteiger partial charge in [-0.2, -0.15) is 0 Å². The van der Waals surface area contributed by atoms with Crippen LogP contribution in [0.3, 0.4) is 0 Å². The summed E-state index contributed by atoms with van der Waals surface area (Å²) in [6.07, 6.45) is 7.59. The van der Waals surface area contributed by atoms with Crippen molar-refractivity contribution < 1.29 is 23.9 Å². The second-order valence-corrected chi connectivity index (χ2v) is 15.3. The molecule has 2 heterocycles. The predicted molar refractivity (Wildman–Crippen MR) is 191 cm³/mol. The molecule has 2 aliphatic rings. The summed E-state index contributed by atoms with van der Waals surface area (Å²) in [5, 5.41) is 3.27. The molecule has 1 aromatic heterocycles. The Hall–Kier alpha value is -4.24. The zero-order valence-electron chi connectivity index (χ0n) is 29.9. The zero-order valence-corrected chi connectivity index (χ0v) is 29.9. The van der Waals surface area contributed by atoms with Gasteiger partial charge in [0.05, 0.1) is 19.3 Å². The Balaban J connectivity index is 1.55. The maximum Gasteiger partial charge on any atom is 0.411 e. The monoisotopic (exact) mass is 668 g/mol. The van der Waals surface area contributed by atoms with E-state index in [9.17, 15) is 9.59 Å². The Morgan fingerprint density at radius 3 is 2.22 bits per heavy atom. The summed E-state index contributed by atoms with van der Waals surface area (Å²) >= 11 is 0. The minimum Gasteiger partial charge on any atom is -0.444 e. The number of carbonyl (C=O) groups excluding carboxylic acids is 3. The van der Waals surface area contributed by atoms with Crippen molar-refractivity contribution in [2.24, 2.45) is 0 Å². The van der Waals surface area contributed by atoms with Crippen LogP contribution >= 0.6 is 0 Å². The number of benzene rings is 2. The number of ether oxygens (including phenoxy) is 2. The van der Waals surface area contributed by atoms with Crippen LogP contribution in [0.5, 0.6) is 0 Å². The quantitative estimate of drug-likeness (QED) is 0.254. The number of likely N-dealkylation sites (tertiary alicyclic amines) is 1. The molecule has 9 heteroatoms. The Labute approximate surface area is 291 Å². The molecule has 1 N–H and O–H groups in total. The van der Waals surface area contributed by atoms with Crippen LogP contribution in [0.2, 0.25) is 0 Å². The number of anilines is 1. The molecule has 262 valence electrons. The van der Waals surface area contributed by atoms with Crippen LogP contribution in [0.15, 0.2) is 79.1 Å². The first-order chi connectivity index (χ1) is 23.3. The fourth-order valence-electron chi connectivity index (χ4n) is 6.63. The van der Waals surface area contributed by atoms with Crippen LogP contribution in [0.25, 0.3) is 0 Å². The van der Waals surface area contributed by atoms with E-state index in [2.05, 4.69) is 31.1 Å². The average Bonchev–Trinajstić information content (AvgIpc) is 3.51. The molecule has 0 spiro atoms. The number of amides is 3. The molecule has 3 amide bonds. The predicted octanol–water partition coefficient (Wildman–Crippen LogP) is 7.50. The van der Waals surface area contributed by atoms with Gasteiger partial charge in [0.15, 0.2) is 0 Å². The minimum atomic E-state index is -1.02. The first-order valence-electron chi connectivity index (χ1n) is 17.6. The lowest BCUT2D eigenvalue weighted by Crippen LogP contribution is -2.53. The van der Waals surface area contributed by atoms with Crippen LogP contribution in [0.4, 0.5) is 10.5 Å². The first kappa shape index (κ1) is 36.1. The van der Waals surface area contributed by atoms with Gasteiger partial charge in [-0.15, -0.1) is 0 Å². The van der Waals surface area contributed by atoms with E-state index in [0.29, 0.717) is 17.9 Å². The molecule has 3 unspecified atom stereocenters. The summed E-state index contributed by atoms with van der Waals surface area (Å²) in [6.45, 7) is 12.3. The number of aromatic nitrogens is 1. The van der Waals surface area contributed by atoms with Crippen molar-refractivity contribution in [3.05, 3.63) is 95.8 Å². The number of carbonyl (C=O) groups is 3. The standard InChI is InChI=1S/C40H52N4O5/c1-39(2,3)30-19-21-32(22-20-30)44(35(29-16-13-23-41-25-29)36(45)42-31-17-11-8-12-18-31)37(46)34-24-33(48-27-28-14-9-7-10-15-28)26-43(34)38(47)49-40(4,5)6/h7,9-10,13-16,19-23,25,31,33-35H,8,11-12,17-18,24,26-27H2,1-6H3,(H,42,45). The van der Waals surface area contributed by atoms with Gasteiger partial charge in [0.1, 0.15) is 17.7 Å². The first-order valence-corrected chi connectivity index (χ1v) is 17.6. The Morgan fingerprint density at radius 2 is 1.61 bits per heavy atom. The summed E-state index contributed by atoms with van der Waals surface area (Å²) in [7, 11) is 0. The lowest BCUT2D eigenvalue weighted by Gasteiger charge is -2.36. The van der Waals surface area contributed by atoms with Gasteiger partial charge < -0.3 is 14.8 Å². The molecule has 3 atom stereocenters. The number of hydrogen-bond acceptors (Lipinski definition) is 6. The molecule has 5 rings (SSSR count). The lowest BCUT2D eigenvalue weighted by atomic mass is 9.87. The van der Waals surface area contributed by atoms with E-state index in [4.69, 9.17) is 9.47 Å². The van der Waals surface area contributed by atoms with E-state index in [1.807, 2.05) is 60.7 Å². The largest absolute Gasteiger partial charge is 0.444 e. The van der Waals surface area contributed by atoms with Gasteiger partial charge in [0.2, 0.25) is 5.91 Å². The van der Waals surface area contributed by atoms with Gasteiger partial charge in [0.25, 0.3) is 5.91 Å². The normalized spacial score (nSPS) is 19.3. The number of hydrogen-bond donors (Lipinski definition) is 1. The van der Waals surface area contributed by atoms with Crippen molar-refractivity contribution in [1.82, 2.24) is 15.2 Å². The van der Waals surface area contributed by atoms with Gasteiger partial charge in [-0.3, -0.25) is 24.4 Å². The third-order valence-electron chi connectivity index (χ3n) is 9.21. The SMILES string of the molecule is CC(C)(C)OC(=O)N1CC(OCc2ccccc2)CC1C(=O)N(c1ccc(C(C)(C)C)cc1)C(C(=O)NC1CCCCC1)c1cccnc1. The van der Waals surface area contributed by atoms with Crippen molar-refractivity contribution in [2.45, 2.75) is 122 Å². The van der Waals surface area contributed by atoms with E-state index >= 15 is 4.79 Å². The lowest BCUT2D eigenvalue weighted by molar-refractivity contribution is -0.129. The maximum absolute atomic E-state index is 15.2. The minimum absolute atomic E-state index is 0.0288. The maximum atomic E-state index is 15.2. The van der Waals surface area contributed by atoms with Gasteiger partial charge >= 0.3 is 6.09 Å². The fraction of sp³-hybridized carbons (Fsp3) is 0.500. The highest BCUT2D eigenvalue weighted by Gasteiger charge is 2.46. The van der Waals surface area contributed by atoms with Crippen LogP contribution < -0.4 is 10.2 Å². The second-order valence-electron chi connectivity index (χ2n) is 15.3. The molecule has 9 nitrogen and oxygen atoms in total. The number of rotatable bonds is 9. The summed E-state index contributed by atoms with van der Waals surface area (Å²) in [5.41, 5.74) is 2.35. The second kappa shape index (κ2) is 15.5. The third-order valence-corrected chi connectivity index (χ3v) is 9.21. The number of nitrogens with zero attached hydrogens (tertiary/aromatic N) is 3. The van der Waals surface area contributed by atoms with Gasteiger partial charge in [0, 0.05) is 36.1 Å². The van der Waals surface area contributed by atoms with Gasteiger partial charge in [-0.25, -0.2) is 4.79 Å². The summed E-state index contributed by atoms with van der Waals surface area (Å²) in [4.78, 5) is 50.7. The molecule has 3 aromatic rings. The van der Waals surface area contributed by atoms with E-state index in [-0.39, 0.29) is 36.2 Å². The molecule has 1 saturated heterocycles. The molecule has 49 heavy (non-hydrogen) atoms. The molecule has 2 aromatic carbocycles. The molecule has 1 aliphatic carbocycles. The van der Waals surface area contributed by atoms with Crippen molar-refractivity contribution >= 4 is 23.6 Å². The van der Waals surface area contributed by atoms with Crippen LogP contribution in [-0.2, 0) is 31.1 Å². The van der Waals surface area contributed by atoms with Crippen LogP contribution in [0.1, 0.15) is 103 Å². The Morgan fingerprint density at radius 1 is 0.918 bits per heavy atom. The Kier molecular flexibility index (Phi) is 11.4. The molecule has 0 bridgehead atoms. The molecule has 1 saturated carbocycles. The van der Waals surface area contributed by atoms with Crippen molar-refractivity contribution in [2.75, 3.05) is 11.4 Å². The Bertz CT molecular complexity index is 1540. The average molecular weight is 669 g/mol. The van der Waals surface area contributed by atoms with E-state index in [1.165, 1.54) is 4.90 Å². The number of nitrogens with one attached hydrogen (secondary N) is 1. The highest BCUT2D eigenvalue weighted by Crippen LogP contribution is 2.35. The number of pyridine rings is 1. The van der Waals surface area contributed by atoms with Crippen molar-refractivity contribution in [3.63, 3.8) is 0 Å². The zero-order chi connectivity index (χ0) is 35.2. The van der Waals surface area contributed by atoms with Crippen molar-refractivity contribution in [1.29, 1.82) is 0 Å². The molecular formula is C40H52N4O5. The highest BCUT2D eigenvalue weighted by molar-refractivity contribution is 6.05. The van der Waals surface area contributed by atoms with Gasteiger partial charge in [-0.05, 0) is 68.4 Å². The summed E-state index contributed by atoms with van der Waals surface area (Å²) in [6, 6.07) is 19.3. The molecular weight excluding hydrogens is 616 g/mol. The molecule has 1 aliphatic heterocycles. The topological polar surface area (TPSA) is 101 Å². The van der Waals surface area contributed by atoms with E-state index < -0.39 is 29.9 Å². The summed E-state index contributed by atoms with van der Waals surface area (Å²) < 4.78 is 12.1. The summed E-state index contributed by atoms with van der Waals surface area (Å²) in [5.74, 6) is -0.653. The van der Waals surface area contributed by atoms with Gasteiger partial charge in [-0.1, -0.05) is 88.6 Å². The smallest absolute Gasteiger partial charge is 0.411 e. The van der Waals surface area contributed by atoms with Crippen LogP contribution in [-0.4, -0.2) is 58.1 Å². The van der Waals surface area contributed by atoms with Crippen molar-refractivity contribution in [3.8, 4) is 0 Å². The fourth-order valence-corrected chi connectivity index (χ4v) is 6.63. The third kappa shape index (κ3) is 9.47. The molecule has 2 fully saturated rings. The highest BCUT2D eigenvalue weighted by atomic mass is 16.6.